The summed E-state index contributed by atoms with van der Waals surface area (Å²) in [6.07, 6.45) is 2.68. The van der Waals surface area contributed by atoms with Gasteiger partial charge in [0.25, 0.3) is 0 Å². The Morgan fingerprint density at radius 2 is 1.96 bits per heavy atom. The Morgan fingerprint density at radius 1 is 1.27 bits per heavy atom. The minimum atomic E-state index is -3.81. The van der Waals surface area contributed by atoms with Crippen molar-refractivity contribution >= 4 is 16.0 Å². The van der Waals surface area contributed by atoms with E-state index in [1.807, 2.05) is 0 Å². The number of esters is 1. The average Bonchev–Trinajstić information content (AvgIpc) is 3.02. The first-order valence-electron chi connectivity index (χ1n) is 8.53. The van der Waals surface area contributed by atoms with Crippen molar-refractivity contribution in [3.05, 3.63) is 35.9 Å². The van der Waals surface area contributed by atoms with Gasteiger partial charge in [0.1, 0.15) is 17.5 Å². The number of nitrogens with one attached hydrogen (secondary N) is 1. The van der Waals surface area contributed by atoms with Crippen LogP contribution in [0.4, 0.5) is 0 Å². The fourth-order valence-electron chi connectivity index (χ4n) is 4.47. The third kappa shape index (κ3) is 2.47. The van der Waals surface area contributed by atoms with Crippen molar-refractivity contribution in [3.63, 3.8) is 0 Å². The molecule has 1 aliphatic heterocycles. The van der Waals surface area contributed by atoms with Crippen LogP contribution in [-0.4, -0.2) is 43.8 Å². The van der Waals surface area contributed by atoms with Gasteiger partial charge >= 0.3 is 5.97 Å². The first-order valence-corrected chi connectivity index (χ1v) is 10.0. The highest BCUT2D eigenvalue weighted by Gasteiger charge is 2.64. The molecule has 4 atom stereocenters. The van der Waals surface area contributed by atoms with Crippen molar-refractivity contribution in [1.29, 1.82) is 0 Å². The van der Waals surface area contributed by atoms with Crippen LogP contribution in [0.2, 0.25) is 0 Å². The number of sulfonamides is 1. The summed E-state index contributed by atoms with van der Waals surface area (Å²) < 4.78 is 38.6. The van der Waals surface area contributed by atoms with E-state index >= 15 is 0 Å². The molecule has 140 valence electrons. The Labute approximate surface area is 152 Å². The normalized spacial score (nSPS) is 35.7. The highest BCUT2D eigenvalue weighted by molar-refractivity contribution is 7.89. The van der Waals surface area contributed by atoms with E-state index in [1.54, 1.807) is 19.1 Å². The third-order valence-corrected chi connectivity index (χ3v) is 7.29. The molecule has 1 aromatic carbocycles. The summed E-state index contributed by atoms with van der Waals surface area (Å²) in [5.74, 6) is -0.218. The molecule has 1 unspecified atom stereocenters. The summed E-state index contributed by atoms with van der Waals surface area (Å²) >= 11 is 0. The van der Waals surface area contributed by atoms with Gasteiger partial charge in [-0.3, -0.25) is 0 Å². The van der Waals surface area contributed by atoms with E-state index in [4.69, 9.17) is 9.47 Å². The van der Waals surface area contributed by atoms with E-state index in [0.29, 0.717) is 25.0 Å². The molecule has 1 aromatic rings. The maximum absolute atomic E-state index is 12.8. The highest BCUT2D eigenvalue weighted by Crippen LogP contribution is 2.53. The van der Waals surface area contributed by atoms with E-state index in [2.05, 4.69) is 4.72 Å². The standard InChI is InChI=1S/C18H21NO6S/c1-17(19-26(22,23)13-6-4-12(24-2)5-7-13)9-11-3-8-15-18(11,21)14(10-17)16(20)25-15/h4-7,10-11,15,19,21H,3,8-9H2,1-2H3/t11?,15-,17-,18+/m1/s1. The summed E-state index contributed by atoms with van der Waals surface area (Å²) in [5, 5.41) is 11.0. The van der Waals surface area contributed by atoms with E-state index in [-0.39, 0.29) is 16.4 Å². The van der Waals surface area contributed by atoms with Crippen molar-refractivity contribution in [2.75, 3.05) is 7.11 Å². The van der Waals surface area contributed by atoms with Gasteiger partial charge < -0.3 is 14.6 Å². The fourth-order valence-corrected chi connectivity index (χ4v) is 5.84. The fraction of sp³-hybridized carbons (Fsp3) is 0.500. The highest BCUT2D eigenvalue weighted by atomic mass is 32.2. The van der Waals surface area contributed by atoms with E-state index in [9.17, 15) is 18.3 Å². The van der Waals surface area contributed by atoms with E-state index in [0.717, 1.165) is 0 Å². The van der Waals surface area contributed by atoms with Gasteiger partial charge in [-0.05, 0) is 56.4 Å². The van der Waals surface area contributed by atoms with Gasteiger partial charge in [-0.2, -0.15) is 0 Å². The number of aliphatic hydroxyl groups is 1. The molecular weight excluding hydrogens is 358 g/mol. The molecule has 26 heavy (non-hydrogen) atoms. The van der Waals surface area contributed by atoms with Crippen LogP contribution < -0.4 is 9.46 Å². The molecule has 8 heteroatoms. The number of carbonyl (C=O) groups excluding carboxylic acids is 1. The SMILES string of the molecule is COc1ccc(S(=O)(=O)N[C@@]2(C)C=C3C(=O)O[C@@H]4CCC(C2)[C@]34O)cc1. The molecule has 1 heterocycles. The zero-order valence-corrected chi connectivity index (χ0v) is 15.4. The molecule has 2 fully saturated rings. The van der Waals surface area contributed by atoms with Crippen molar-refractivity contribution in [2.45, 2.75) is 48.3 Å². The summed E-state index contributed by atoms with van der Waals surface area (Å²) in [6.45, 7) is 1.72. The van der Waals surface area contributed by atoms with E-state index < -0.39 is 33.2 Å². The monoisotopic (exact) mass is 379 g/mol. The lowest BCUT2D eigenvalue weighted by Crippen LogP contribution is -2.54. The largest absolute Gasteiger partial charge is 0.497 e. The quantitative estimate of drug-likeness (QED) is 0.761. The third-order valence-electron chi connectivity index (χ3n) is 5.66. The van der Waals surface area contributed by atoms with Crippen LogP contribution >= 0.6 is 0 Å². The predicted molar refractivity (Wildman–Crippen MR) is 92.0 cm³/mol. The summed E-state index contributed by atoms with van der Waals surface area (Å²) in [7, 11) is -2.30. The zero-order valence-electron chi connectivity index (χ0n) is 14.6. The molecule has 7 nitrogen and oxygen atoms in total. The Balaban J connectivity index is 1.67. The number of rotatable bonds is 4. The number of hydrogen-bond donors (Lipinski definition) is 2. The molecule has 0 amide bonds. The topological polar surface area (TPSA) is 102 Å². The molecule has 1 saturated heterocycles. The van der Waals surface area contributed by atoms with Gasteiger partial charge in [0.15, 0.2) is 0 Å². The number of hydrogen-bond acceptors (Lipinski definition) is 6. The van der Waals surface area contributed by atoms with Gasteiger partial charge in [-0.15, -0.1) is 0 Å². The molecule has 2 N–H and O–H groups in total. The second-order valence-corrected chi connectivity index (χ2v) is 9.14. The van der Waals surface area contributed by atoms with Gasteiger partial charge in [0.05, 0.1) is 17.6 Å². The summed E-state index contributed by atoms with van der Waals surface area (Å²) in [4.78, 5) is 12.3. The molecule has 0 bridgehead atoms. The number of ether oxygens (including phenoxy) is 2. The molecule has 0 radical (unpaired) electrons. The molecule has 0 spiro atoms. The van der Waals surface area contributed by atoms with Gasteiger partial charge in [-0.25, -0.2) is 17.9 Å². The Hall–Kier alpha value is -1.90. The molecular formula is C18H21NO6S. The number of methoxy groups -OCH3 is 1. The minimum Gasteiger partial charge on any atom is -0.497 e. The van der Waals surface area contributed by atoms with Gasteiger partial charge in [0, 0.05) is 5.54 Å². The summed E-state index contributed by atoms with van der Waals surface area (Å²) in [6, 6.07) is 6.08. The summed E-state index contributed by atoms with van der Waals surface area (Å²) in [5.41, 5.74) is -2.10. The van der Waals surface area contributed by atoms with Gasteiger partial charge in [0.2, 0.25) is 10.0 Å². The predicted octanol–water partition coefficient (Wildman–Crippen LogP) is 1.13. The number of carbonyl (C=O) groups is 1. The molecule has 0 aromatic heterocycles. The minimum absolute atomic E-state index is 0.108. The Bertz CT molecular complexity index is 893. The van der Waals surface area contributed by atoms with Crippen LogP contribution in [0, 0.1) is 5.92 Å². The average molecular weight is 379 g/mol. The maximum Gasteiger partial charge on any atom is 0.337 e. The Morgan fingerprint density at radius 3 is 2.62 bits per heavy atom. The van der Waals surface area contributed by atoms with Crippen molar-refractivity contribution in [1.82, 2.24) is 4.72 Å². The molecule has 3 aliphatic rings. The first kappa shape index (κ1) is 17.5. The smallest absolute Gasteiger partial charge is 0.337 e. The maximum atomic E-state index is 12.8. The lowest BCUT2D eigenvalue weighted by atomic mass is 9.71. The van der Waals surface area contributed by atoms with Crippen molar-refractivity contribution < 1.29 is 27.8 Å². The van der Waals surface area contributed by atoms with Crippen molar-refractivity contribution in [3.8, 4) is 5.75 Å². The van der Waals surface area contributed by atoms with Crippen LogP contribution in [0.3, 0.4) is 0 Å². The lowest BCUT2D eigenvalue weighted by molar-refractivity contribution is -0.140. The molecule has 4 rings (SSSR count). The molecule has 2 aliphatic carbocycles. The molecule has 1 saturated carbocycles. The van der Waals surface area contributed by atoms with Crippen LogP contribution in [0.25, 0.3) is 0 Å². The van der Waals surface area contributed by atoms with Crippen LogP contribution in [0.5, 0.6) is 5.75 Å². The zero-order chi connectivity index (χ0) is 18.7. The van der Waals surface area contributed by atoms with Crippen LogP contribution in [0.15, 0.2) is 40.8 Å². The Kier molecular flexibility index (Phi) is 3.74. The van der Waals surface area contributed by atoms with E-state index in [1.165, 1.54) is 25.3 Å². The van der Waals surface area contributed by atoms with Crippen LogP contribution in [0.1, 0.15) is 26.2 Å². The van der Waals surface area contributed by atoms with Crippen LogP contribution in [-0.2, 0) is 19.6 Å². The van der Waals surface area contributed by atoms with Gasteiger partial charge in [-0.1, -0.05) is 6.08 Å². The first-order chi connectivity index (χ1) is 12.2. The second-order valence-electron chi connectivity index (χ2n) is 7.45. The lowest BCUT2D eigenvalue weighted by Gasteiger charge is -2.40. The second kappa shape index (κ2) is 5.55. The van der Waals surface area contributed by atoms with Crippen molar-refractivity contribution in [2.24, 2.45) is 5.92 Å². The number of benzene rings is 1.